The second-order valence-corrected chi connectivity index (χ2v) is 8.39. The summed E-state index contributed by atoms with van der Waals surface area (Å²) in [6.07, 6.45) is 4.93. The van der Waals surface area contributed by atoms with E-state index in [9.17, 15) is 9.59 Å². The quantitative estimate of drug-likeness (QED) is 0.652. The number of piperidine rings is 1. The van der Waals surface area contributed by atoms with E-state index in [0.29, 0.717) is 34.8 Å². The molecule has 4 heterocycles. The molecular formula is C23H27N5O2. The lowest BCUT2D eigenvalue weighted by Gasteiger charge is -2.36. The van der Waals surface area contributed by atoms with Gasteiger partial charge >= 0.3 is 0 Å². The smallest absolute Gasteiger partial charge is 0.256 e. The summed E-state index contributed by atoms with van der Waals surface area (Å²) in [5.41, 5.74) is 1.23. The highest BCUT2D eigenvalue weighted by atomic mass is 16.2. The third-order valence-electron chi connectivity index (χ3n) is 6.42. The lowest BCUT2D eigenvalue weighted by molar-refractivity contribution is -0.117. The molecule has 0 radical (unpaired) electrons. The molecule has 1 amide bonds. The molecule has 30 heavy (non-hydrogen) atoms. The zero-order chi connectivity index (χ0) is 20.5. The molecule has 0 bridgehead atoms. The Hall–Kier alpha value is -2.77. The summed E-state index contributed by atoms with van der Waals surface area (Å²) in [5.74, 6) is 0.465. The molecule has 156 valence electrons. The molecule has 7 nitrogen and oxygen atoms in total. The fraction of sp³-hybridized carbons (Fsp3) is 0.435. The minimum Gasteiger partial charge on any atom is -0.320 e. The Balaban J connectivity index is 1.25. The first-order valence-electron chi connectivity index (χ1n) is 10.9. The van der Waals surface area contributed by atoms with E-state index in [4.69, 9.17) is 0 Å². The van der Waals surface area contributed by atoms with Gasteiger partial charge in [-0.2, -0.15) is 0 Å². The Morgan fingerprint density at radius 2 is 1.77 bits per heavy atom. The molecule has 5 rings (SSSR count). The molecule has 2 aliphatic heterocycles. The minimum atomic E-state index is -0.131. The summed E-state index contributed by atoms with van der Waals surface area (Å²) >= 11 is 0. The third kappa shape index (κ3) is 3.82. The molecule has 0 spiro atoms. The number of H-pyrrole nitrogens is 1. The van der Waals surface area contributed by atoms with Crippen LogP contribution >= 0.6 is 0 Å². The van der Waals surface area contributed by atoms with Gasteiger partial charge in [-0.3, -0.25) is 14.5 Å². The number of rotatable bonds is 4. The first-order valence-corrected chi connectivity index (χ1v) is 10.9. The summed E-state index contributed by atoms with van der Waals surface area (Å²) in [4.78, 5) is 37.2. The molecule has 0 atom stereocenters. The van der Waals surface area contributed by atoms with Gasteiger partial charge in [0.05, 0.1) is 17.6 Å². The van der Waals surface area contributed by atoms with Crippen LogP contribution in [-0.4, -0.2) is 64.4 Å². The zero-order valence-electron chi connectivity index (χ0n) is 17.1. The third-order valence-corrected chi connectivity index (χ3v) is 6.42. The number of anilines is 1. The van der Waals surface area contributed by atoms with Gasteiger partial charge in [0.15, 0.2) is 0 Å². The van der Waals surface area contributed by atoms with Crippen LogP contribution in [0.2, 0.25) is 0 Å². The Morgan fingerprint density at radius 3 is 2.53 bits per heavy atom. The van der Waals surface area contributed by atoms with Gasteiger partial charge in [-0.1, -0.05) is 18.2 Å². The Labute approximate surface area is 175 Å². The molecule has 2 N–H and O–H groups in total. The number of benzene rings is 1. The van der Waals surface area contributed by atoms with Gasteiger partial charge < -0.3 is 15.2 Å². The zero-order valence-corrected chi connectivity index (χ0v) is 17.1. The highest BCUT2D eigenvalue weighted by molar-refractivity contribution is 6.03. The maximum atomic E-state index is 12.6. The highest BCUT2D eigenvalue weighted by Crippen LogP contribution is 2.22. The van der Waals surface area contributed by atoms with Gasteiger partial charge in [-0.15, -0.1) is 0 Å². The molecule has 0 saturated carbocycles. The molecule has 1 aromatic carbocycles. The van der Waals surface area contributed by atoms with E-state index in [0.717, 1.165) is 31.3 Å². The van der Waals surface area contributed by atoms with Crippen LogP contribution in [0.25, 0.3) is 21.8 Å². The van der Waals surface area contributed by atoms with Crippen LogP contribution in [0.1, 0.15) is 25.7 Å². The van der Waals surface area contributed by atoms with Crippen molar-refractivity contribution in [3.63, 3.8) is 0 Å². The van der Waals surface area contributed by atoms with Gasteiger partial charge in [0.1, 0.15) is 5.82 Å². The van der Waals surface area contributed by atoms with Crippen molar-refractivity contribution in [2.45, 2.75) is 31.7 Å². The predicted molar refractivity (Wildman–Crippen MR) is 119 cm³/mol. The number of pyridine rings is 2. The number of nitrogens with zero attached hydrogens (tertiary/aromatic N) is 3. The topological polar surface area (TPSA) is 81.3 Å². The van der Waals surface area contributed by atoms with Crippen LogP contribution in [0.4, 0.5) is 5.82 Å². The van der Waals surface area contributed by atoms with E-state index in [2.05, 4.69) is 25.1 Å². The highest BCUT2D eigenvalue weighted by Gasteiger charge is 2.27. The maximum Gasteiger partial charge on any atom is 0.256 e. The minimum absolute atomic E-state index is 0.0461. The predicted octanol–water partition coefficient (Wildman–Crippen LogP) is 2.57. The second-order valence-electron chi connectivity index (χ2n) is 8.39. The van der Waals surface area contributed by atoms with E-state index in [-0.39, 0.29) is 11.5 Å². The number of aromatic amines is 1. The van der Waals surface area contributed by atoms with E-state index >= 15 is 0 Å². The number of aromatic nitrogens is 2. The van der Waals surface area contributed by atoms with Crippen LogP contribution < -0.4 is 10.9 Å². The average Bonchev–Trinajstić information content (AvgIpc) is 3.30. The normalized spacial score (nSPS) is 18.9. The van der Waals surface area contributed by atoms with Gasteiger partial charge in [0, 0.05) is 29.9 Å². The number of nitrogens with one attached hydrogen (secondary N) is 2. The fourth-order valence-corrected chi connectivity index (χ4v) is 4.85. The van der Waals surface area contributed by atoms with Crippen molar-refractivity contribution in [2.75, 3.05) is 38.0 Å². The molecule has 0 aliphatic carbocycles. The summed E-state index contributed by atoms with van der Waals surface area (Å²) in [6, 6.07) is 11.6. The van der Waals surface area contributed by atoms with Crippen LogP contribution in [0.5, 0.6) is 0 Å². The van der Waals surface area contributed by atoms with Crippen molar-refractivity contribution in [3.8, 4) is 0 Å². The van der Waals surface area contributed by atoms with Gasteiger partial charge in [-0.05, 0) is 57.0 Å². The van der Waals surface area contributed by atoms with Crippen molar-refractivity contribution >= 4 is 33.5 Å². The first-order chi connectivity index (χ1) is 14.7. The molecule has 2 saturated heterocycles. The van der Waals surface area contributed by atoms with Gasteiger partial charge in [0.25, 0.3) is 5.56 Å². The number of hydrogen-bond acceptors (Lipinski definition) is 5. The number of carbonyl (C=O) groups is 1. The molecule has 3 aromatic rings. The number of carbonyl (C=O) groups excluding carboxylic acids is 1. The molecule has 7 heteroatoms. The number of amides is 1. The van der Waals surface area contributed by atoms with Gasteiger partial charge in [0.2, 0.25) is 5.91 Å². The largest absolute Gasteiger partial charge is 0.320 e. The Kier molecular flexibility index (Phi) is 5.23. The van der Waals surface area contributed by atoms with E-state index < -0.39 is 0 Å². The van der Waals surface area contributed by atoms with E-state index in [1.54, 1.807) is 18.2 Å². The van der Waals surface area contributed by atoms with Crippen molar-refractivity contribution in [1.82, 2.24) is 19.8 Å². The summed E-state index contributed by atoms with van der Waals surface area (Å²) in [5, 5.41) is 4.32. The van der Waals surface area contributed by atoms with Crippen molar-refractivity contribution in [3.05, 3.63) is 46.8 Å². The van der Waals surface area contributed by atoms with Crippen molar-refractivity contribution in [1.29, 1.82) is 0 Å². The standard InChI is InChI=1S/C23H27N5O2/c29-21(15-27-13-9-16(10-14-27)28-11-3-4-12-28)25-20-8-7-19-22(26-20)17-5-1-2-6-18(17)23(30)24-19/h1-2,5-8,16H,3-4,9-15H2,(H,24,30)(H,25,26,29). The van der Waals surface area contributed by atoms with E-state index in [1.165, 1.54) is 25.9 Å². The lowest BCUT2D eigenvalue weighted by atomic mass is 10.0. The summed E-state index contributed by atoms with van der Waals surface area (Å²) in [7, 11) is 0. The lowest BCUT2D eigenvalue weighted by Crippen LogP contribution is -2.45. The molecule has 2 aromatic heterocycles. The number of likely N-dealkylation sites (tertiary alicyclic amines) is 2. The Bertz CT molecular complexity index is 1130. The first kappa shape index (κ1) is 19.2. The second kappa shape index (κ2) is 8.16. The van der Waals surface area contributed by atoms with Crippen LogP contribution in [0.3, 0.4) is 0 Å². The maximum absolute atomic E-state index is 12.6. The summed E-state index contributed by atoms with van der Waals surface area (Å²) in [6.45, 7) is 4.79. The molecule has 0 unspecified atom stereocenters. The monoisotopic (exact) mass is 405 g/mol. The molecule has 2 aliphatic rings. The Morgan fingerprint density at radius 1 is 1.03 bits per heavy atom. The van der Waals surface area contributed by atoms with Crippen molar-refractivity contribution in [2.24, 2.45) is 0 Å². The number of fused-ring (bicyclic) bond motifs is 3. The fourth-order valence-electron chi connectivity index (χ4n) is 4.85. The van der Waals surface area contributed by atoms with Crippen molar-refractivity contribution < 1.29 is 4.79 Å². The molecular weight excluding hydrogens is 378 g/mol. The van der Waals surface area contributed by atoms with E-state index in [1.807, 2.05) is 18.2 Å². The molecule has 2 fully saturated rings. The van der Waals surface area contributed by atoms with Crippen LogP contribution in [0, 0.1) is 0 Å². The SMILES string of the molecule is O=C(CN1CCC(N2CCCC2)CC1)Nc1ccc2[nH]c(=O)c3ccccc3c2n1. The summed E-state index contributed by atoms with van der Waals surface area (Å²) < 4.78 is 0. The van der Waals surface area contributed by atoms with Gasteiger partial charge in [-0.25, -0.2) is 4.98 Å². The van der Waals surface area contributed by atoms with Crippen LogP contribution in [-0.2, 0) is 4.79 Å². The number of hydrogen-bond donors (Lipinski definition) is 2. The van der Waals surface area contributed by atoms with Crippen LogP contribution in [0.15, 0.2) is 41.2 Å². The average molecular weight is 406 g/mol.